The van der Waals surface area contributed by atoms with E-state index in [-0.39, 0.29) is 10.6 Å². The lowest BCUT2D eigenvalue weighted by atomic mass is 10.2. The molecule has 0 aliphatic rings. The number of phenols is 1. The van der Waals surface area contributed by atoms with Crippen LogP contribution in [0.25, 0.3) is 0 Å². The van der Waals surface area contributed by atoms with Gasteiger partial charge in [0.05, 0.1) is 4.90 Å². The summed E-state index contributed by atoms with van der Waals surface area (Å²) in [6, 6.07) is 4.23. The van der Waals surface area contributed by atoms with Crippen molar-refractivity contribution in [2.24, 2.45) is 0 Å². The highest BCUT2D eigenvalue weighted by Crippen LogP contribution is 2.19. The van der Waals surface area contributed by atoms with Crippen molar-refractivity contribution in [3.63, 3.8) is 0 Å². The molecule has 5 heteroatoms. The lowest BCUT2D eigenvalue weighted by Gasteiger charge is -2.05. The summed E-state index contributed by atoms with van der Waals surface area (Å²) in [5.41, 5.74) is 0.604. The van der Waals surface area contributed by atoms with Gasteiger partial charge in [0.15, 0.2) is 0 Å². The molecule has 1 aromatic rings. The standard InChI is InChI=1S/C8H11NO3S/c1-6-3-4-7(10)5-8(6)13(11,12)9-2/h3-5,9-10H,1-2H3. The molecular weight excluding hydrogens is 190 g/mol. The Morgan fingerprint density at radius 3 is 2.54 bits per heavy atom. The van der Waals surface area contributed by atoms with Crippen LogP contribution in [-0.2, 0) is 10.0 Å². The molecule has 4 nitrogen and oxygen atoms in total. The zero-order valence-electron chi connectivity index (χ0n) is 7.40. The minimum absolute atomic E-state index is 0.0561. The Morgan fingerprint density at radius 2 is 2.00 bits per heavy atom. The van der Waals surface area contributed by atoms with Crippen LogP contribution in [0, 0.1) is 6.92 Å². The van der Waals surface area contributed by atoms with Crippen molar-refractivity contribution >= 4 is 10.0 Å². The van der Waals surface area contributed by atoms with Crippen LogP contribution in [0.3, 0.4) is 0 Å². The highest BCUT2D eigenvalue weighted by molar-refractivity contribution is 7.89. The topological polar surface area (TPSA) is 66.4 Å². The van der Waals surface area contributed by atoms with Gasteiger partial charge in [-0.1, -0.05) is 6.07 Å². The molecule has 0 aromatic heterocycles. The largest absolute Gasteiger partial charge is 0.508 e. The van der Waals surface area contributed by atoms with Crippen LogP contribution in [0.5, 0.6) is 5.75 Å². The fraction of sp³-hybridized carbons (Fsp3) is 0.250. The van der Waals surface area contributed by atoms with Crippen molar-refractivity contribution in [1.82, 2.24) is 4.72 Å². The maximum atomic E-state index is 11.4. The third-order valence-corrected chi connectivity index (χ3v) is 3.29. The minimum Gasteiger partial charge on any atom is -0.508 e. The van der Waals surface area contributed by atoms with E-state index in [0.717, 1.165) is 0 Å². The lowest BCUT2D eigenvalue weighted by molar-refractivity contribution is 0.472. The molecule has 0 heterocycles. The Morgan fingerprint density at radius 1 is 1.38 bits per heavy atom. The van der Waals surface area contributed by atoms with Crippen molar-refractivity contribution < 1.29 is 13.5 Å². The van der Waals surface area contributed by atoms with Crippen LogP contribution in [0.1, 0.15) is 5.56 Å². The summed E-state index contributed by atoms with van der Waals surface area (Å²) < 4.78 is 24.9. The van der Waals surface area contributed by atoms with Gasteiger partial charge in [0.25, 0.3) is 0 Å². The number of benzene rings is 1. The van der Waals surface area contributed by atoms with Gasteiger partial charge in [0.2, 0.25) is 10.0 Å². The summed E-state index contributed by atoms with van der Waals surface area (Å²) in [5.74, 6) is -0.0561. The van der Waals surface area contributed by atoms with E-state index in [1.165, 1.54) is 19.2 Å². The number of rotatable bonds is 2. The predicted molar refractivity (Wildman–Crippen MR) is 49.1 cm³/mol. The zero-order chi connectivity index (χ0) is 10.1. The highest BCUT2D eigenvalue weighted by atomic mass is 32.2. The smallest absolute Gasteiger partial charge is 0.240 e. The third kappa shape index (κ3) is 1.99. The Bertz CT molecular complexity index is 411. The number of hydrogen-bond donors (Lipinski definition) is 2. The first-order valence-electron chi connectivity index (χ1n) is 3.70. The van der Waals surface area contributed by atoms with Gasteiger partial charge in [-0.2, -0.15) is 0 Å². The van der Waals surface area contributed by atoms with Crippen LogP contribution in [0.2, 0.25) is 0 Å². The molecule has 0 aliphatic carbocycles. The Labute approximate surface area is 77.3 Å². The van der Waals surface area contributed by atoms with Gasteiger partial charge in [-0.05, 0) is 25.6 Å². The second-order valence-corrected chi connectivity index (χ2v) is 4.51. The fourth-order valence-corrected chi connectivity index (χ4v) is 1.98. The maximum absolute atomic E-state index is 11.4. The van der Waals surface area contributed by atoms with Crippen molar-refractivity contribution in [3.05, 3.63) is 23.8 Å². The quantitative estimate of drug-likeness (QED) is 0.736. The van der Waals surface area contributed by atoms with Crippen LogP contribution in [0.15, 0.2) is 23.1 Å². The summed E-state index contributed by atoms with van der Waals surface area (Å²) in [7, 11) is -2.13. The van der Waals surface area contributed by atoms with Crippen molar-refractivity contribution in [2.75, 3.05) is 7.05 Å². The van der Waals surface area contributed by atoms with Crippen molar-refractivity contribution in [3.8, 4) is 5.75 Å². The van der Waals surface area contributed by atoms with Gasteiger partial charge in [-0.15, -0.1) is 0 Å². The monoisotopic (exact) mass is 201 g/mol. The summed E-state index contributed by atoms with van der Waals surface area (Å²) in [6.07, 6.45) is 0. The predicted octanol–water partition coefficient (Wildman–Crippen LogP) is 0.609. The van der Waals surface area contributed by atoms with E-state index in [0.29, 0.717) is 5.56 Å². The molecule has 0 atom stereocenters. The highest BCUT2D eigenvalue weighted by Gasteiger charge is 2.14. The number of aryl methyl sites for hydroxylation is 1. The van der Waals surface area contributed by atoms with Crippen LogP contribution in [0.4, 0.5) is 0 Å². The molecule has 0 bridgehead atoms. The Hall–Kier alpha value is -1.07. The van der Waals surface area contributed by atoms with Crippen LogP contribution < -0.4 is 4.72 Å². The molecule has 0 spiro atoms. The first-order valence-corrected chi connectivity index (χ1v) is 5.19. The van der Waals surface area contributed by atoms with Gasteiger partial charge >= 0.3 is 0 Å². The van der Waals surface area contributed by atoms with E-state index in [4.69, 9.17) is 5.11 Å². The first-order chi connectivity index (χ1) is 5.97. The average molecular weight is 201 g/mol. The molecule has 0 saturated carbocycles. The van der Waals surface area contributed by atoms with E-state index in [9.17, 15) is 8.42 Å². The number of sulfonamides is 1. The third-order valence-electron chi connectivity index (χ3n) is 1.73. The SMILES string of the molecule is CNS(=O)(=O)c1cc(O)ccc1C. The summed E-state index contributed by atoms with van der Waals surface area (Å²) >= 11 is 0. The summed E-state index contributed by atoms with van der Waals surface area (Å²) in [4.78, 5) is 0.106. The normalized spacial score (nSPS) is 11.5. The zero-order valence-corrected chi connectivity index (χ0v) is 8.22. The second kappa shape index (κ2) is 3.35. The maximum Gasteiger partial charge on any atom is 0.240 e. The van der Waals surface area contributed by atoms with Gasteiger partial charge < -0.3 is 5.11 Å². The molecule has 0 radical (unpaired) electrons. The van der Waals surface area contributed by atoms with E-state index in [1.807, 2.05) is 0 Å². The van der Waals surface area contributed by atoms with Crippen LogP contribution >= 0.6 is 0 Å². The van der Waals surface area contributed by atoms with Gasteiger partial charge in [0.1, 0.15) is 5.75 Å². The van der Waals surface area contributed by atoms with E-state index in [2.05, 4.69) is 4.72 Å². The molecule has 2 N–H and O–H groups in total. The molecule has 13 heavy (non-hydrogen) atoms. The van der Waals surface area contributed by atoms with E-state index >= 15 is 0 Å². The number of hydrogen-bond acceptors (Lipinski definition) is 3. The van der Waals surface area contributed by atoms with Gasteiger partial charge in [-0.25, -0.2) is 13.1 Å². The average Bonchev–Trinajstić information content (AvgIpc) is 2.09. The fourth-order valence-electron chi connectivity index (χ4n) is 0.988. The Kier molecular flexibility index (Phi) is 2.58. The second-order valence-electron chi connectivity index (χ2n) is 2.66. The number of aromatic hydroxyl groups is 1. The van der Waals surface area contributed by atoms with Gasteiger partial charge in [0, 0.05) is 6.07 Å². The molecule has 0 amide bonds. The molecule has 72 valence electrons. The van der Waals surface area contributed by atoms with E-state index < -0.39 is 10.0 Å². The molecule has 0 aliphatic heterocycles. The molecular formula is C8H11NO3S. The molecule has 0 unspecified atom stereocenters. The summed E-state index contributed by atoms with van der Waals surface area (Å²) in [5, 5.41) is 9.10. The summed E-state index contributed by atoms with van der Waals surface area (Å²) in [6.45, 7) is 1.67. The van der Waals surface area contributed by atoms with Crippen molar-refractivity contribution in [1.29, 1.82) is 0 Å². The minimum atomic E-state index is -3.46. The number of phenolic OH excluding ortho intramolecular Hbond substituents is 1. The van der Waals surface area contributed by atoms with Crippen molar-refractivity contribution in [2.45, 2.75) is 11.8 Å². The molecule has 0 saturated heterocycles. The van der Waals surface area contributed by atoms with Gasteiger partial charge in [-0.3, -0.25) is 0 Å². The Balaban J connectivity index is 3.38. The first kappa shape index (κ1) is 10.0. The number of nitrogens with one attached hydrogen (secondary N) is 1. The lowest BCUT2D eigenvalue weighted by Crippen LogP contribution is -2.19. The van der Waals surface area contributed by atoms with Crippen LogP contribution in [-0.4, -0.2) is 20.6 Å². The van der Waals surface area contributed by atoms with E-state index in [1.54, 1.807) is 13.0 Å². The molecule has 1 rings (SSSR count). The molecule has 1 aromatic carbocycles. The molecule has 0 fully saturated rings.